The first-order chi connectivity index (χ1) is 12.2. The number of aliphatic hydroxyl groups is 1. The minimum absolute atomic E-state index is 0.0615. The normalized spacial score (nSPS) is 11.3. The average molecular weight is 354 g/mol. The van der Waals surface area contributed by atoms with Gasteiger partial charge in [-0.2, -0.15) is 0 Å². The van der Waals surface area contributed by atoms with Gasteiger partial charge in [-0.05, 0) is 23.8 Å². The van der Waals surface area contributed by atoms with Gasteiger partial charge in [0.1, 0.15) is 5.69 Å². The largest absolute Gasteiger partial charge is 0.395 e. The fraction of sp³-hybridized carbons (Fsp3) is 0.105. The van der Waals surface area contributed by atoms with E-state index in [0.717, 1.165) is 33.1 Å². The summed E-state index contributed by atoms with van der Waals surface area (Å²) in [6.07, 6.45) is 0. The smallest absolute Gasteiger partial charge is 0.272 e. The first kappa shape index (κ1) is 15.7. The Balaban J connectivity index is 2.12. The number of halogens is 1. The Morgan fingerprint density at radius 3 is 2.60 bits per heavy atom. The maximum absolute atomic E-state index is 12.7. The molecule has 0 bridgehead atoms. The molecule has 0 saturated heterocycles. The second-order valence-electron chi connectivity index (χ2n) is 5.79. The van der Waals surface area contributed by atoms with Crippen molar-refractivity contribution in [2.24, 2.45) is 0 Å². The number of aromatic amines is 2. The van der Waals surface area contributed by atoms with Crippen molar-refractivity contribution in [3.8, 4) is 11.1 Å². The molecule has 0 amide bonds. The number of hydrogen-bond acceptors (Lipinski definition) is 3. The van der Waals surface area contributed by atoms with Crippen molar-refractivity contribution in [2.45, 2.75) is 0 Å². The lowest BCUT2D eigenvalue weighted by molar-refractivity contribution is 0.311. The molecule has 126 valence electrons. The van der Waals surface area contributed by atoms with E-state index in [1.165, 1.54) is 0 Å². The van der Waals surface area contributed by atoms with Gasteiger partial charge in [0.15, 0.2) is 0 Å². The van der Waals surface area contributed by atoms with E-state index in [9.17, 15) is 4.79 Å². The van der Waals surface area contributed by atoms with Crippen LogP contribution < -0.4 is 10.9 Å². The number of aliphatic hydroxyl groups excluding tert-OH is 1. The lowest BCUT2D eigenvalue weighted by Gasteiger charge is -2.12. The van der Waals surface area contributed by atoms with Crippen molar-refractivity contribution in [1.82, 2.24) is 9.97 Å². The maximum atomic E-state index is 12.7. The predicted octanol–water partition coefficient (Wildman–Crippen LogP) is 3.73. The summed E-state index contributed by atoms with van der Waals surface area (Å²) >= 11 is 6.13. The van der Waals surface area contributed by atoms with Crippen LogP contribution in [-0.2, 0) is 0 Å². The van der Waals surface area contributed by atoms with Crippen molar-refractivity contribution in [3.63, 3.8) is 0 Å². The molecule has 0 saturated carbocycles. The summed E-state index contributed by atoms with van der Waals surface area (Å²) < 4.78 is 0. The van der Waals surface area contributed by atoms with Gasteiger partial charge < -0.3 is 20.4 Å². The number of nitrogens with one attached hydrogen (secondary N) is 3. The van der Waals surface area contributed by atoms with Gasteiger partial charge in [0.2, 0.25) is 0 Å². The zero-order chi connectivity index (χ0) is 17.4. The molecule has 0 spiro atoms. The van der Waals surface area contributed by atoms with E-state index in [1.54, 1.807) is 0 Å². The molecule has 4 rings (SSSR count). The number of H-pyrrole nitrogens is 2. The third kappa shape index (κ3) is 2.67. The molecule has 0 aliphatic rings. The maximum Gasteiger partial charge on any atom is 0.272 e. The zero-order valence-electron chi connectivity index (χ0n) is 13.3. The first-order valence-electron chi connectivity index (χ1n) is 7.96. The Morgan fingerprint density at radius 1 is 1.04 bits per heavy atom. The van der Waals surface area contributed by atoms with Crippen LogP contribution in [0.2, 0.25) is 5.02 Å². The van der Waals surface area contributed by atoms with Crippen LogP contribution >= 0.6 is 11.6 Å². The third-order valence-corrected chi connectivity index (χ3v) is 4.44. The fourth-order valence-corrected chi connectivity index (χ4v) is 3.31. The van der Waals surface area contributed by atoms with Crippen molar-refractivity contribution in [1.29, 1.82) is 0 Å². The monoisotopic (exact) mass is 353 g/mol. The highest BCUT2D eigenvalue weighted by molar-refractivity contribution is 6.31. The van der Waals surface area contributed by atoms with E-state index in [2.05, 4.69) is 15.3 Å². The molecule has 25 heavy (non-hydrogen) atoms. The third-order valence-electron chi connectivity index (χ3n) is 4.20. The number of rotatable bonds is 4. The first-order valence-corrected chi connectivity index (χ1v) is 8.34. The number of fused-ring (bicyclic) bond motifs is 3. The second kappa shape index (κ2) is 6.27. The molecule has 5 nitrogen and oxygen atoms in total. The van der Waals surface area contributed by atoms with E-state index in [1.807, 2.05) is 48.5 Å². The Morgan fingerprint density at radius 2 is 1.84 bits per heavy atom. The van der Waals surface area contributed by atoms with Crippen LogP contribution in [0.1, 0.15) is 0 Å². The zero-order valence-corrected chi connectivity index (χ0v) is 14.0. The Bertz CT molecular complexity index is 1120. The Hall–Kier alpha value is -2.76. The van der Waals surface area contributed by atoms with Crippen LogP contribution in [0.4, 0.5) is 5.69 Å². The number of hydrogen-bond donors (Lipinski definition) is 4. The van der Waals surface area contributed by atoms with Crippen LogP contribution in [0.15, 0.2) is 53.3 Å². The Labute approximate surface area is 148 Å². The van der Waals surface area contributed by atoms with E-state index < -0.39 is 0 Å². The summed E-state index contributed by atoms with van der Waals surface area (Å²) in [4.78, 5) is 19.0. The predicted molar refractivity (Wildman–Crippen MR) is 102 cm³/mol. The van der Waals surface area contributed by atoms with Gasteiger partial charge in [0.25, 0.3) is 5.56 Å². The summed E-state index contributed by atoms with van der Waals surface area (Å²) in [6.45, 7) is 0.231. The van der Waals surface area contributed by atoms with Crippen molar-refractivity contribution < 1.29 is 5.11 Å². The van der Waals surface area contributed by atoms with Gasteiger partial charge in [-0.1, -0.05) is 41.9 Å². The summed E-state index contributed by atoms with van der Waals surface area (Å²) in [6, 6.07) is 15.2. The molecular weight excluding hydrogens is 338 g/mol. The van der Waals surface area contributed by atoms with Crippen LogP contribution in [-0.4, -0.2) is 28.2 Å². The molecule has 0 aliphatic carbocycles. The van der Waals surface area contributed by atoms with Gasteiger partial charge in [-0.15, -0.1) is 0 Å². The Kier molecular flexibility index (Phi) is 3.95. The number of benzene rings is 2. The van der Waals surface area contributed by atoms with Crippen LogP contribution in [0, 0.1) is 0 Å². The molecule has 0 fully saturated rings. The van der Waals surface area contributed by atoms with E-state index >= 15 is 0 Å². The molecule has 0 aliphatic heterocycles. The average Bonchev–Trinajstić information content (AvgIpc) is 2.97. The highest BCUT2D eigenvalue weighted by Gasteiger charge is 2.17. The summed E-state index contributed by atoms with van der Waals surface area (Å²) in [5, 5.41) is 13.7. The van der Waals surface area contributed by atoms with E-state index in [-0.39, 0.29) is 12.2 Å². The number of pyridine rings is 1. The quantitative estimate of drug-likeness (QED) is 0.451. The van der Waals surface area contributed by atoms with E-state index in [4.69, 9.17) is 16.7 Å². The molecule has 2 heterocycles. The summed E-state index contributed by atoms with van der Waals surface area (Å²) in [5.41, 5.74) is 4.33. The topological polar surface area (TPSA) is 80.9 Å². The van der Waals surface area contributed by atoms with Crippen LogP contribution in [0.5, 0.6) is 0 Å². The van der Waals surface area contributed by atoms with E-state index in [0.29, 0.717) is 17.3 Å². The molecule has 4 N–H and O–H groups in total. The van der Waals surface area contributed by atoms with Crippen molar-refractivity contribution >= 4 is 39.2 Å². The van der Waals surface area contributed by atoms with Gasteiger partial charge in [0.05, 0.1) is 17.6 Å². The molecular formula is C19H16ClN3O2. The molecule has 2 aromatic carbocycles. The molecule has 0 atom stereocenters. The van der Waals surface area contributed by atoms with Crippen molar-refractivity contribution in [3.05, 3.63) is 63.9 Å². The van der Waals surface area contributed by atoms with Gasteiger partial charge in [0, 0.05) is 28.0 Å². The highest BCUT2D eigenvalue weighted by Crippen LogP contribution is 2.35. The second-order valence-corrected chi connectivity index (χ2v) is 6.22. The lowest BCUT2D eigenvalue weighted by Crippen LogP contribution is -2.18. The number of anilines is 1. The van der Waals surface area contributed by atoms with Crippen LogP contribution in [0.3, 0.4) is 0 Å². The minimum atomic E-state index is -0.235. The van der Waals surface area contributed by atoms with Crippen LogP contribution in [0.25, 0.3) is 33.1 Å². The minimum Gasteiger partial charge on any atom is -0.395 e. The van der Waals surface area contributed by atoms with Gasteiger partial charge in [-0.25, -0.2) is 0 Å². The molecule has 0 unspecified atom stereocenters. The lowest BCUT2D eigenvalue weighted by atomic mass is 10.0. The number of aromatic nitrogens is 2. The van der Waals surface area contributed by atoms with Crippen molar-refractivity contribution in [2.75, 3.05) is 18.5 Å². The van der Waals surface area contributed by atoms with Gasteiger partial charge >= 0.3 is 0 Å². The highest BCUT2D eigenvalue weighted by atomic mass is 35.5. The molecule has 2 aromatic heterocycles. The van der Waals surface area contributed by atoms with Gasteiger partial charge in [-0.3, -0.25) is 4.79 Å². The fourth-order valence-electron chi connectivity index (χ4n) is 3.14. The summed E-state index contributed by atoms with van der Waals surface area (Å²) in [7, 11) is 0. The summed E-state index contributed by atoms with van der Waals surface area (Å²) in [5.74, 6) is 0. The SMILES string of the molecule is O=c1[nH]c2c([nH]c3ccc(Cl)cc32)c(-c2ccccc2)c1NCCO. The standard InChI is InChI=1S/C19H16ClN3O2/c20-12-6-7-14-13(10-12)16-17(22-14)15(11-4-2-1-3-5-11)18(19(25)23-16)21-8-9-24/h1-7,10,21-22,24H,8-9H2,(H,23,25). The molecule has 4 aromatic rings. The molecule has 0 radical (unpaired) electrons. The molecule has 6 heteroatoms.